The first-order chi connectivity index (χ1) is 9.61. The predicted octanol–water partition coefficient (Wildman–Crippen LogP) is 2.80. The Morgan fingerprint density at radius 1 is 1.45 bits per heavy atom. The lowest BCUT2D eigenvalue weighted by atomic mass is 10.3. The van der Waals surface area contributed by atoms with Crippen LogP contribution in [0.25, 0.3) is 0 Å². The van der Waals surface area contributed by atoms with Gasteiger partial charge in [-0.25, -0.2) is 4.98 Å². The van der Waals surface area contributed by atoms with Gasteiger partial charge in [-0.05, 0) is 30.9 Å². The van der Waals surface area contributed by atoms with Gasteiger partial charge in [-0.1, -0.05) is 0 Å². The number of nitro groups is 1. The molecule has 2 rings (SSSR count). The molecule has 0 aliphatic rings. The fourth-order valence-corrected chi connectivity index (χ4v) is 2.48. The van der Waals surface area contributed by atoms with Crippen molar-refractivity contribution in [2.45, 2.75) is 20.4 Å². The Morgan fingerprint density at radius 2 is 2.25 bits per heavy atom. The molecule has 2 N–H and O–H groups in total. The average molecular weight is 293 g/mol. The quantitative estimate of drug-likeness (QED) is 0.628. The fraction of sp³-hybridized carbons (Fsp3) is 0.333. The van der Waals surface area contributed by atoms with Gasteiger partial charge in [0.15, 0.2) is 0 Å². The highest BCUT2D eigenvalue weighted by Crippen LogP contribution is 2.24. The largest absolute Gasteiger partial charge is 0.359 e. The van der Waals surface area contributed by atoms with Crippen LogP contribution >= 0.6 is 11.3 Å². The first kappa shape index (κ1) is 14.2. The van der Waals surface area contributed by atoms with Crippen LogP contribution in [0, 0.1) is 17.0 Å². The van der Waals surface area contributed by atoms with Gasteiger partial charge < -0.3 is 10.6 Å². The molecular weight excluding hydrogens is 278 g/mol. The number of aromatic nitrogens is 2. The molecule has 20 heavy (non-hydrogen) atoms. The number of nitrogens with zero attached hydrogens (tertiary/aromatic N) is 3. The normalized spacial score (nSPS) is 10.3. The van der Waals surface area contributed by atoms with Crippen molar-refractivity contribution in [2.75, 3.05) is 17.2 Å². The average Bonchev–Trinajstić information content (AvgIpc) is 2.82. The molecule has 0 bridgehead atoms. The van der Waals surface area contributed by atoms with E-state index in [2.05, 4.69) is 20.6 Å². The monoisotopic (exact) mass is 293 g/mol. The van der Waals surface area contributed by atoms with Gasteiger partial charge in [0, 0.05) is 11.4 Å². The van der Waals surface area contributed by atoms with Crippen molar-refractivity contribution in [3.05, 3.63) is 38.2 Å². The topological polar surface area (TPSA) is 93.0 Å². The van der Waals surface area contributed by atoms with E-state index in [0.717, 1.165) is 10.4 Å². The lowest BCUT2D eigenvalue weighted by Gasteiger charge is -2.07. The Hall–Kier alpha value is -2.22. The zero-order chi connectivity index (χ0) is 14.5. The second-order valence-corrected chi connectivity index (χ2v) is 5.10. The van der Waals surface area contributed by atoms with Crippen molar-refractivity contribution >= 4 is 28.8 Å². The first-order valence-corrected chi connectivity index (χ1v) is 7.02. The predicted molar refractivity (Wildman–Crippen MR) is 79.2 cm³/mol. The SMILES string of the molecule is CCNc1ncc([N+](=O)[O-])c(NCc2sccc2C)n1. The maximum atomic E-state index is 11.0. The van der Waals surface area contributed by atoms with Crippen molar-refractivity contribution in [1.82, 2.24) is 9.97 Å². The summed E-state index contributed by atoms with van der Waals surface area (Å²) in [5.41, 5.74) is 1.03. The van der Waals surface area contributed by atoms with Crippen LogP contribution in [0.4, 0.5) is 17.5 Å². The van der Waals surface area contributed by atoms with E-state index in [1.807, 2.05) is 25.3 Å². The third-order valence-corrected chi connectivity index (χ3v) is 3.71. The minimum absolute atomic E-state index is 0.124. The molecule has 0 saturated heterocycles. The van der Waals surface area contributed by atoms with E-state index in [9.17, 15) is 10.1 Å². The Kier molecular flexibility index (Phi) is 4.46. The van der Waals surface area contributed by atoms with Crippen molar-refractivity contribution in [2.24, 2.45) is 0 Å². The molecule has 0 saturated carbocycles. The molecule has 0 aliphatic heterocycles. The van der Waals surface area contributed by atoms with Gasteiger partial charge in [-0.3, -0.25) is 10.1 Å². The van der Waals surface area contributed by atoms with Gasteiger partial charge in [-0.15, -0.1) is 11.3 Å². The number of anilines is 2. The molecule has 0 radical (unpaired) electrons. The van der Waals surface area contributed by atoms with E-state index in [1.54, 1.807) is 11.3 Å². The zero-order valence-corrected chi connectivity index (χ0v) is 12.0. The molecule has 2 heterocycles. The van der Waals surface area contributed by atoms with Crippen LogP contribution in [0.5, 0.6) is 0 Å². The first-order valence-electron chi connectivity index (χ1n) is 6.14. The Labute approximate surface area is 120 Å². The maximum Gasteiger partial charge on any atom is 0.329 e. The van der Waals surface area contributed by atoms with E-state index < -0.39 is 4.92 Å². The fourth-order valence-electron chi connectivity index (χ4n) is 1.63. The van der Waals surface area contributed by atoms with Crippen LogP contribution in [0.15, 0.2) is 17.6 Å². The summed E-state index contributed by atoms with van der Waals surface area (Å²) in [6, 6.07) is 2.01. The number of thiophene rings is 1. The molecule has 0 amide bonds. The highest BCUT2D eigenvalue weighted by atomic mass is 32.1. The molecular formula is C12H15N5O2S. The van der Waals surface area contributed by atoms with Gasteiger partial charge in [0.25, 0.3) is 0 Å². The molecule has 0 fully saturated rings. The third-order valence-electron chi connectivity index (χ3n) is 2.69. The van der Waals surface area contributed by atoms with E-state index in [4.69, 9.17) is 0 Å². The second-order valence-electron chi connectivity index (χ2n) is 4.10. The molecule has 2 aromatic heterocycles. The van der Waals surface area contributed by atoms with Crippen molar-refractivity contribution < 1.29 is 4.92 Å². The second kappa shape index (κ2) is 6.29. The van der Waals surface area contributed by atoms with Gasteiger partial charge in [-0.2, -0.15) is 4.98 Å². The van der Waals surface area contributed by atoms with Gasteiger partial charge in [0.2, 0.25) is 11.8 Å². The third kappa shape index (κ3) is 3.21. The number of hydrogen-bond donors (Lipinski definition) is 2. The number of nitrogens with one attached hydrogen (secondary N) is 2. The summed E-state index contributed by atoms with van der Waals surface area (Å²) in [6.07, 6.45) is 1.22. The highest BCUT2D eigenvalue weighted by molar-refractivity contribution is 7.10. The van der Waals surface area contributed by atoms with E-state index >= 15 is 0 Å². The lowest BCUT2D eigenvalue weighted by molar-refractivity contribution is -0.384. The summed E-state index contributed by atoms with van der Waals surface area (Å²) in [4.78, 5) is 19.7. The Bertz CT molecular complexity index is 614. The molecule has 0 spiro atoms. The van der Waals surface area contributed by atoms with Gasteiger partial charge in [0.1, 0.15) is 6.20 Å². The molecule has 8 heteroatoms. The Balaban J connectivity index is 2.21. The molecule has 106 valence electrons. The summed E-state index contributed by atoms with van der Waals surface area (Å²) in [7, 11) is 0. The summed E-state index contributed by atoms with van der Waals surface area (Å²) < 4.78 is 0. The summed E-state index contributed by atoms with van der Waals surface area (Å²) in [5.74, 6) is 0.609. The van der Waals surface area contributed by atoms with Crippen LogP contribution in [0.3, 0.4) is 0 Å². The summed E-state index contributed by atoms with van der Waals surface area (Å²) >= 11 is 1.61. The van der Waals surface area contributed by atoms with Gasteiger partial charge >= 0.3 is 5.69 Å². The van der Waals surface area contributed by atoms with Gasteiger partial charge in [0.05, 0.1) is 11.5 Å². The van der Waals surface area contributed by atoms with Crippen LogP contribution in [0.2, 0.25) is 0 Å². The van der Waals surface area contributed by atoms with Crippen molar-refractivity contribution in [3.63, 3.8) is 0 Å². The minimum atomic E-state index is -0.487. The standard InChI is InChI=1S/C12H15N5O2S/c1-3-13-12-15-6-9(17(18)19)11(16-12)14-7-10-8(2)4-5-20-10/h4-6H,3,7H2,1-2H3,(H2,13,14,15,16). The zero-order valence-electron chi connectivity index (χ0n) is 11.2. The van der Waals surface area contributed by atoms with Crippen LogP contribution in [-0.2, 0) is 6.54 Å². The molecule has 2 aromatic rings. The summed E-state index contributed by atoms with van der Waals surface area (Å²) in [6.45, 7) is 5.08. The number of aryl methyl sites for hydroxylation is 1. The van der Waals surface area contributed by atoms with E-state index in [0.29, 0.717) is 19.0 Å². The van der Waals surface area contributed by atoms with Crippen LogP contribution in [0.1, 0.15) is 17.4 Å². The van der Waals surface area contributed by atoms with Crippen LogP contribution in [-0.4, -0.2) is 21.4 Å². The molecule has 0 unspecified atom stereocenters. The maximum absolute atomic E-state index is 11.0. The van der Waals surface area contributed by atoms with E-state index in [-0.39, 0.29) is 11.5 Å². The molecule has 0 aliphatic carbocycles. The highest BCUT2D eigenvalue weighted by Gasteiger charge is 2.17. The minimum Gasteiger partial charge on any atom is -0.359 e. The smallest absolute Gasteiger partial charge is 0.329 e. The van der Waals surface area contributed by atoms with Crippen LogP contribution < -0.4 is 10.6 Å². The molecule has 0 atom stereocenters. The lowest BCUT2D eigenvalue weighted by Crippen LogP contribution is -2.09. The summed E-state index contributed by atoms with van der Waals surface area (Å²) in [5, 5.41) is 18.9. The molecule has 7 nitrogen and oxygen atoms in total. The number of rotatable bonds is 6. The number of hydrogen-bond acceptors (Lipinski definition) is 7. The van der Waals surface area contributed by atoms with Crippen molar-refractivity contribution in [1.29, 1.82) is 0 Å². The molecule has 0 aromatic carbocycles. The van der Waals surface area contributed by atoms with Crippen molar-refractivity contribution in [3.8, 4) is 0 Å². The van der Waals surface area contributed by atoms with E-state index in [1.165, 1.54) is 6.20 Å². The Morgan fingerprint density at radius 3 is 2.85 bits per heavy atom.